The normalized spacial score (nSPS) is 11.6. The molecule has 0 radical (unpaired) electrons. The zero-order chi connectivity index (χ0) is 32.3. The Labute approximate surface area is 259 Å². The first-order valence-corrected chi connectivity index (χ1v) is 14.3. The molecule has 0 fully saturated rings. The molecule has 45 heavy (non-hydrogen) atoms. The maximum Gasteiger partial charge on any atom is 0.432 e. The number of nitrogens with zero attached hydrogens (tertiary/aromatic N) is 2. The first-order valence-electron chi connectivity index (χ1n) is 13.9. The van der Waals surface area contributed by atoms with Crippen molar-refractivity contribution in [3.8, 4) is 39.4 Å². The predicted molar refractivity (Wildman–Crippen MR) is 157 cm³/mol. The van der Waals surface area contributed by atoms with Gasteiger partial charge in [-0.25, -0.2) is 31.9 Å². The van der Waals surface area contributed by atoms with Gasteiger partial charge in [0.15, 0.2) is 5.82 Å². The standard InChI is InChI=1S/C34H24ClF7N2O/c1-2-3-4-5-19-17-43-33(44-18-19)21-8-6-20(7-9-21)22-12-27(37)31(28(38)13-22)34(41,42)45-24-10-11-25(26(36)16-24)23-14-29(39)32(35)30(40)15-23/h6-18H,2-5H2,1H3. The number of halogens is 8. The summed E-state index contributed by atoms with van der Waals surface area (Å²) >= 11 is 5.44. The molecule has 3 nitrogen and oxygen atoms in total. The molecule has 11 heteroatoms. The van der Waals surface area contributed by atoms with Crippen LogP contribution in [0.3, 0.4) is 0 Å². The second-order valence-electron chi connectivity index (χ2n) is 10.3. The van der Waals surface area contributed by atoms with Crippen molar-refractivity contribution in [1.82, 2.24) is 9.97 Å². The van der Waals surface area contributed by atoms with Gasteiger partial charge in [0, 0.05) is 29.6 Å². The lowest BCUT2D eigenvalue weighted by atomic mass is 10.0. The number of ether oxygens (including phenoxy) is 1. The molecule has 0 saturated carbocycles. The number of aryl methyl sites for hydroxylation is 1. The van der Waals surface area contributed by atoms with Crippen LogP contribution in [0.4, 0.5) is 30.7 Å². The number of benzene rings is 4. The summed E-state index contributed by atoms with van der Waals surface area (Å²) < 4.78 is 107. The lowest BCUT2D eigenvalue weighted by Gasteiger charge is -2.20. The van der Waals surface area contributed by atoms with E-state index >= 15 is 8.78 Å². The van der Waals surface area contributed by atoms with Crippen molar-refractivity contribution < 1.29 is 35.5 Å². The average Bonchev–Trinajstić information content (AvgIpc) is 2.99. The summed E-state index contributed by atoms with van der Waals surface area (Å²) in [5, 5.41) is -0.793. The molecule has 1 heterocycles. The second kappa shape index (κ2) is 13.3. The van der Waals surface area contributed by atoms with Crippen LogP contribution in [0.25, 0.3) is 33.6 Å². The molecule has 0 unspecified atom stereocenters. The fraction of sp³-hybridized carbons (Fsp3) is 0.176. The van der Waals surface area contributed by atoms with Crippen LogP contribution in [0.15, 0.2) is 79.1 Å². The third-order valence-electron chi connectivity index (χ3n) is 7.07. The SMILES string of the molecule is CCCCCc1cnc(-c2ccc(-c3cc(F)c(C(F)(F)Oc4ccc(-c5cc(F)c(Cl)c(F)c5)c(F)c4)c(F)c3)cc2)nc1. The molecule has 1 aromatic heterocycles. The van der Waals surface area contributed by atoms with Gasteiger partial charge in [-0.05, 0) is 71.5 Å². The first-order chi connectivity index (χ1) is 21.5. The zero-order valence-electron chi connectivity index (χ0n) is 23.7. The van der Waals surface area contributed by atoms with Crippen molar-refractivity contribution in [3.05, 3.63) is 124 Å². The molecule has 0 aliphatic rings. The van der Waals surface area contributed by atoms with Crippen molar-refractivity contribution in [1.29, 1.82) is 0 Å². The monoisotopic (exact) mass is 644 g/mol. The molecular weight excluding hydrogens is 621 g/mol. The Morgan fingerprint density at radius 1 is 0.667 bits per heavy atom. The quantitative estimate of drug-likeness (QED) is 0.0862. The van der Waals surface area contributed by atoms with E-state index in [-0.39, 0.29) is 16.7 Å². The van der Waals surface area contributed by atoms with Crippen molar-refractivity contribution in [3.63, 3.8) is 0 Å². The van der Waals surface area contributed by atoms with Crippen LogP contribution in [-0.4, -0.2) is 9.97 Å². The molecule has 0 aliphatic carbocycles. The molecule has 0 amide bonds. The third-order valence-corrected chi connectivity index (χ3v) is 7.43. The van der Waals surface area contributed by atoms with Gasteiger partial charge in [-0.3, -0.25) is 0 Å². The Morgan fingerprint density at radius 3 is 1.82 bits per heavy atom. The minimum atomic E-state index is -4.55. The molecule has 0 N–H and O–H groups in total. The van der Waals surface area contributed by atoms with Gasteiger partial charge in [0.2, 0.25) is 0 Å². The van der Waals surface area contributed by atoms with Gasteiger partial charge in [-0.2, -0.15) is 8.78 Å². The fourth-order valence-electron chi connectivity index (χ4n) is 4.75. The highest BCUT2D eigenvalue weighted by Crippen LogP contribution is 2.38. The zero-order valence-corrected chi connectivity index (χ0v) is 24.4. The number of alkyl halides is 2. The number of aromatic nitrogens is 2. The van der Waals surface area contributed by atoms with Crippen LogP contribution < -0.4 is 4.74 Å². The largest absolute Gasteiger partial charge is 0.432 e. The highest BCUT2D eigenvalue weighted by Gasteiger charge is 2.41. The van der Waals surface area contributed by atoms with E-state index < -0.39 is 51.5 Å². The molecule has 0 spiro atoms. The van der Waals surface area contributed by atoms with E-state index in [0.29, 0.717) is 23.0 Å². The lowest BCUT2D eigenvalue weighted by molar-refractivity contribution is -0.189. The van der Waals surface area contributed by atoms with E-state index in [1.165, 1.54) is 0 Å². The summed E-state index contributed by atoms with van der Waals surface area (Å²) in [5.41, 5.74) is -0.281. The van der Waals surface area contributed by atoms with Gasteiger partial charge in [-0.15, -0.1) is 0 Å². The van der Waals surface area contributed by atoms with Crippen molar-refractivity contribution in [2.75, 3.05) is 0 Å². The molecule has 5 rings (SSSR count). The van der Waals surface area contributed by atoms with Crippen LogP contribution in [0.5, 0.6) is 5.75 Å². The second-order valence-corrected chi connectivity index (χ2v) is 10.7. The van der Waals surface area contributed by atoms with Gasteiger partial charge in [-0.1, -0.05) is 55.6 Å². The molecule has 0 atom stereocenters. The van der Waals surface area contributed by atoms with Crippen molar-refractivity contribution in [2.45, 2.75) is 38.7 Å². The maximum absolute atomic E-state index is 15.0. The highest BCUT2D eigenvalue weighted by atomic mass is 35.5. The summed E-state index contributed by atoms with van der Waals surface area (Å²) in [6.45, 7) is 2.12. The van der Waals surface area contributed by atoms with Gasteiger partial charge in [0.25, 0.3) is 0 Å². The fourth-order valence-corrected chi connectivity index (χ4v) is 4.85. The van der Waals surface area contributed by atoms with Crippen molar-refractivity contribution in [2.24, 2.45) is 0 Å². The number of unbranched alkanes of at least 4 members (excludes halogenated alkanes) is 2. The predicted octanol–water partition coefficient (Wildman–Crippen LogP) is 10.7. The number of rotatable bonds is 10. The van der Waals surface area contributed by atoms with Crippen LogP contribution in [-0.2, 0) is 12.5 Å². The Hall–Kier alpha value is -4.44. The van der Waals surface area contributed by atoms with E-state index in [1.54, 1.807) is 36.7 Å². The van der Waals surface area contributed by atoms with E-state index in [1.807, 2.05) is 0 Å². The van der Waals surface area contributed by atoms with E-state index in [2.05, 4.69) is 21.6 Å². The lowest BCUT2D eigenvalue weighted by Crippen LogP contribution is -2.25. The van der Waals surface area contributed by atoms with Crippen LogP contribution in [0.1, 0.15) is 37.3 Å². The summed E-state index contributed by atoms with van der Waals surface area (Å²) in [7, 11) is 0. The number of hydrogen-bond acceptors (Lipinski definition) is 3. The first kappa shape index (κ1) is 32.0. The van der Waals surface area contributed by atoms with Gasteiger partial charge < -0.3 is 4.74 Å². The topological polar surface area (TPSA) is 35.0 Å². The maximum atomic E-state index is 15.0. The smallest absolute Gasteiger partial charge is 0.429 e. The summed E-state index contributed by atoms with van der Waals surface area (Å²) in [6.07, 6.45) is 3.09. The van der Waals surface area contributed by atoms with Crippen LogP contribution in [0.2, 0.25) is 5.02 Å². The Bertz CT molecular complexity index is 1780. The summed E-state index contributed by atoms with van der Waals surface area (Å²) in [5.74, 6) is -7.00. The Kier molecular flexibility index (Phi) is 9.43. The average molecular weight is 645 g/mol. The summed E-state index contributed by atoms with van der Waals surface area (Å²) in [4.78, 5) is 8.76. The van der Waals surface area contributed by atoms with Crippen LogP contribution in [0, 0.1) is 29.1 Å². The van der Waals surface area contributed by atoms with Gasteiger partial charge in [0.05, 0.1) is 0 Å². The van der Waals surface area contributed by atoms with Gasteiger partial charge in [0.1, 0.15) is 45.4 Å². The third kappa shape index (κ3) is 7.12. The molecule has 0 aliphatic heterocycles. The molecule has 0 bridgehead atoms. The van der Waals surface area contributed by atoms with E-state index in [4.69, 9.17) is 11.6 Å². The van der Waals surface area contributed by atoms with Gasteiger partial charge >= 0.3 is 6.11 Å². The minimum Gasteiger partial charge on any atom is -0.429 e. The number of hydrogen-bond donors (Lipinski definition) is 0. The Morgan fingerprint density at radius 2 is 1.24 bits per heavy atom. The van der Waals surface area contributed by atoms with E-state index in [0.717, 1.165) is 67.6 Å². The molecule has 4 aromatic carbocycles. The molecular formula is C34H24ClF7N2O. The van der Waals surface area contributed by atoms with E-state index in [9.17, 15) is 22.0 Å². The van der Waals surface area contributed by atoms with Crippen LogP contribution >= 0.6 is 11.6 Å². The molecule has 0 saturated heterocycles. The minimum absolute atomic E-state index is 0.0129. The Balaban J connectivity index is 1.33. The molecule has 232 valence electrons. The summed E-state index contributed by atoms with van der Waals surface area (Å²) in [6, 6.07) is 11.7. The molecule has 5 aromatic rings. The van der Waals surface area contributed by atoms with Crippen molar-refractivity contribution >= 4 is 11.6 Å². The highest BCUT2D eigenvalue weighted by molar-refractivity contribution is 6.31.